The van der Waals surface area contributed by atoms with Gasteiger partial charge < -0.3 is 14.8 Å². The molecule has 2 aromatic heterocycles. The van der Waals surface area contributed by atoms with E-state index in [4.69, 9.17) is 0 Å². The number of nitrogens with one attached hydrogen (secondary N) is 1. The van der Waals surface area contributed by atoms with Crippen LogP contribution in [0.4, 0.5) is 0 Å². The summed E-state index contributed by atoms with van der Waals surface area (Å²) in [4.78, 5) is 36.0. The number of aromatic nitrogens is 4. The number of fused-ring (bicyclic) bond motifs is 1. The fourth-order valence-corrected chi connectivity index (χ4v) is 4.06. The van der Waals surface area contributed by atoms with Gasteiger partial charge in [-0.3, -0.25) is 9.59 Å². The minimum Gasteiger partial charge on any atom is -0.348 e. The molecule has 2 aliphatic heterocycles. The van der Waals surface area contributed by atoms with Gasteiger partial charge in [-0.15, -0.1) is 0 Å². The van der Waals surface area contributed by atoms with E-state index in [-0.39, 0.29) is 23.6 Å². The number of hydrogen-bond acceptors (Lipinski definition) is 6. The van der Waals surface area contributed by atoms with E-state index in [2.05, 4.69) is 24.9 Å². The predicted octanol–water partition coefficient (Wildman–Crippen LogP) is 0.797. The quantitative estimate of drug-likeness (QED) is 0.866. The number of H-pyrrole nitrogens is 1. The summed E-state index contributed by atoms with van der Waals surface area (Å²) in [5, 5.41) is 7.42. The molecule has 138 valence electrons. The van der Waals surface area contributed by atoms with Crippen molar-refractivity contribution >= 4 is 11.8 Å². The van der Waals surface area contributed by atoms with Crippen molar-refractivity contribution in [1.82, 2.24) is 30.1 Å². The SMILES string of the molecule is Cc1nonc1C(=O)N1CC[C@@H]2[C@@H](CCC(=O)N2CCc2cnc[nH]2)C1. The van der Waals surface area contributed by atoms with Crippen LogP contribution in [0, 0.1) is 12.8 Å². The molecule has 26 heavy (non-hydrogen) atoms. The second-order valence-electron chi connectivity index (χ2n) is 7.02. The fraction of sp³-hybridized carbons (Fsp3) is 0.588. The third kappa shape index (κ3) is 3.09. The van der Waals surface area contributed by atoms with Crippen LogP contribution in [0.1, 0.15) is 41.1 Å². The molecule has 4 rings (SSSR count). The number of hydrogen-bond donors (Lipinski definition) is 1. The summed E-state index contributed by atoms with van der Waals surface area (Å²) in [7, 11) is 0. The Bertz CT molecular complexity index is 786. The Labute approximate surface area is 150 Å². The molecule has 9 heteroatoms. The molecular weight excluding hydrogens is 336 g/mol. The Kier molecular flexibility index (Phi) is 4.44. The third-order valence-corrected chi connectivity index (χ3v) is 5.46. The first-order valence-corrected chi connectivity index (χ1v) is 8.98. The second-order valence-corrected chi connectivity index (χ2v) is 7.02. The van der Waals surface area contributed by atoms with E-state index in [1.807, 2.05) is 9.80 Å². The van der Waals surface area contributed by atoms with E-state index in [1.54, 1.807) is 19.4 Å². The van der Waals surface area contributed by atoms with Crippen LogP contribution in [-0.2, 0) is 11.2 Å². The molecule has 0 unspecified atom stereocenters. The number of nitrogens with zero attached hydrogens (tertiary/aromatic N) is 5. The summed E-state index contributed by atoms with van der Waals surface area (Å²) in [5.74, 6) is 0.373. The summed E-state index contributed by atoms with van der Waals surface area (Å²) in [6.07, 6.45) is 6.36. The van der Waals surface area contributed by atoms with E-state index in [1.165, 1.54) is 0 Å². The highest BCUT2D eigenvalue weighted by molar-refractivity contribution is 5.93. The highest BCUT2D eigenvalue weighted by Crippen LogP contribution is 2.32. The number of amides is 2. The summed E-state index contributed by atoms with van der Waals surface area (Å²) in [6, 6.07) is 0.194. The summed E-state index contributed by atoms with van der Waals surface area (Å²) >= 11 is 0. The number of carbonyl (C=O) groups excluding carboxylic acids is 2. The molecule has 0 saturated carbocycles. The van der Waals surface area contributed by atoms with Crippen molar-refractivity contribution in [2.45, 2.75) is 38.6 Å². The maximum absolute atomic E-state index is 12.7. The molecule has 2 atom stereocenters. The van der Waals surface area contributed by atoms with Crippen molar-refractivity contribution in [3.8, 4) is 0 Å². The summed E-state index contributed by atoms with van der Waals surface area (Å²) in [6.45, 7) is 3.65. The fourth-order valence-electron chi connectivity index (χ4n) is 4.06. The van der Waals surface area contributed by atoms with Gasteiger partial charge in [0.15, 0.2) is 5.69 Å². The number of imidazole rings is 1. The van der Waals surface area contributed by atoms with Crippen molar-refractivity contribution in [3.63, 3.8) is 0 Å². The highest BCUT2D eigenvalue weighted by atomic mass is 16.6. The van der Waals surface area contributed by atoms with Crippen LogP contribution < -0.4 is 0 Å². The first-order valence-electron chi connectivity index (χ1n) is 8.98. The van der Waals surface area contributed by atoms with Crippen molar-refractivity contribution in [1.29, 1.82) is 0 Å². The third-order valence-electron chi connectivity index (χ3n) is 5.46. The number of aryl methyl sites for hydroxylation is 1. The minimum absolute atomic E-state index is 0.136. The number of aromatic amines is 1. The molecule has 0 radical (unpaired) electrons. The van der Waals surface area contributed by atoms with Gasteiger partial charge in [-0.2, -0.15) is 0 Å². The van der Waals surface area contributed by atoms with Gasteiger partial charge in [-0.25, -0.2) is 9.61 Å². The highest BCUT2D eigenvalue weighted by Gasteiger charge is 2.40. The number of rotatable bonds is 4. The Hall–Kier alpha value is -2.71. The number of likely N-dealkylation sites (tertiary alicyclic amines) is 2. The Balaban J connectivity index is 1.42. The zero-order valence-corrected chi connectivity index (χ0v) is 14.7. The van der Waals surface area contributed by atoms with Crippen molar-refractivity contribution in [2.24, 2.45) is 5.92 Å². The van der Waals surface area contributed by atoms with Crippen molar-refractivity contribution in [3.05, 3.63) is 29.6 Å². The average Bonchev–Trinajstić information content (AvgIpc) is 3.31. The molecule has 0 spiro atoms. The molecule has 2 aromatic rings. The molecule has 2 fully saturated rings. The first-order chi connectivity index (χ1) is 12.6. The molecule has 2 saturated heterocycles. The van der Waals surface area contributed by atoms with Crippen molar-refractivity contribution in [2.75, 3.05) is 19.6 Å². The second kappa shape index (κ2) is 6.89. The standard InChI is InChI=1S/C17H22N6O3/c1-11-16(21-26-20-11)17(25)22-6-5-14-12(9-22)2-3-15(24)23(14)7-4-13-8-18-10-19-13/h8,10,12,14H,2-7,9H2,1H3,(H,18,19)/t12-,14+/m0/s1. The zero-order chi connectivity index (χ0) is 18.1. The van der Waals surface area contributed by atoms with Gasteiger partial charge in [-0.05, 0) is 30.8 Å². The van der Waals surface area contributed by atoms with Gasteiger partial charge in [0.25, 0.3) is 5.91 Å². The van der Waals surface area contributed by atoms with Crippen LogP contribution in [0.3, 0.4) is 0 Å². The lowest BCUT2D eigenvalue weighted by Gasteiger charge is -2.47. The maximum atomic E-state index is 12.7. The maximum Gasteiger partial charge on any atom is 0.278 e. The normalized spacial score (nSPS) is 23.2. The molecule has 1 N–H and O–H groups in total. The van der Waals surface area contributed by atoms with Gasteiger partial charge in [0.2, 0.25) is 5.91 Å². The lowest BCUT2D eigenvalue weighted by molar-refractivity contribution is -0.140. The van der Waals surface area contributed by atoms with E-state index in [0.29, 0.717) is 37.7 Å². The van der Waals surface area contributed by atoms with Crippen LogP contribution in [0.25, 0.3) is 0 Å². The van der Waals surface area contributed by atoms with Crippen LogP contribution >= 0.6 is 0 Å². The number of piperidine rings is 2. The zero-order valence-electron chi connectivity index (χ0n) is 14.7. The Morgan fingerprint density at radius 1 is 1.38 bits per heavy atom. The minimum atomic E-state index is -0.136. The lowest BCUT2D eigenvalue weighted by Crippen LogP contribution is -2.57. The monoisotopic (exact) mass is 358 g/mol. The Morgan fingerprint density at radius 2 is 2.27 bits per heavy atom. The van der Waals surface area contributed by atoms with Crippen LogP contribution in [-0.4, -0.2) is 67.6 Å². The van der Waals surface area contributed by atoms with Gasteiger partial charge >= 0.3 is 0 Å². The van der Waals surface area contributed by atoms with E-state index in [9.17, 15) is 9.59 Å². The average molecular weight is 358 g/mol. The molecule has 0 bridgehead atoms. The topological polar surface area (TPSA) is 108 Å². The lowest BCUT2D eigenvalue weighted by atomic mass is 9.83. The largest absolute Gasteiger partial charge is 0.348 e. The Morgan fingerprint density at radius 3 is 3.00 bits per heavy atom. The number of carbonyl (C=O) groups is 2. The smallest absolute Gasteiger partial charge is 0.278 e. The molecule has 9 nitrogen and oxygen atoms in total. The molecule has 2 amide bonds. The molecule has 0 aliphatic carbocycles. The summed E-state index contributed by atoms with van der Waals surface area (Å²) in [5.41, 5.74) is 1.82. The van der Waals surface area contributed by atoms with E-state index >= 15 is 0 Å². The van der Waals surface area contributed by atoms with Crippen LogP contribution in [0.2, 0.25) is 0 Å². The van der Waals surface area contributed by atoms with E-state index in [0.717, 1.165) is 25.0 Å². The molecular formula is C17H22N6O3. The van der Waals surface area contributed by atoms with Gasteiger partial charge in [0, 0.05) is 50.4 Å². The van der Waals surface area contributed by atoms with Crippen LogP contribution in [0.5, 0.6) is 0 Å². The first kappa shape index (κ1) is 16.7. The van der Waals surface area contributed by atoms with Crippen molar-refractivity contribution < 1.29 is 14.2 Å². The predicted molar refractivity (Wildman–Crippen MR) is 90.1 cm³/mol. The molecule has 2 aliphatic rings. The molecule has 0 aromatic carbocycles. The molecule has 4 heterocycles. The van der Waals surface area contributed by atoms with E-state index < -0.39 is 0 Å². The van der Waals surface area contributed by atoms with Gasteiger partial charge in [0.1, 0.15) is 5.69 Å². The van der Waals surface area contributed by atoms with Crippen LogP contribution in [0.15, 0.2) is 17.2 Å². The summed E-state index contributed by atoms with van der Waals surface area (Å²) < 4.78 is 4.65. The van der Waals surface area contributed by atoms with Gasteiger partial charge in [-0.1, -0.05) is 5.16 Å². The van der Waals surface area contributed by atoms with Gasteiger partial charge in [0.05, 0.1) is 6.33 Å².